The van der Waals surface area contributed by atoms with Gasteiger partial charge in [0.05, 0.1) is 11.1 Å². The Morgan fingerprint density at radius 3 is 1.80 bits per heavy atom. The first-order chi connectivity index (χ1) is 9.79. The van der Waals surface area contributed by atoms with Gasteiger partial charge >= 0.3 is 0 Å². The Labute approximate surface area is 118 Å². The maximum Gasteiger partial charge on any atom is 0.276 e. The average molecular weight is 270 g/mol. The molecule has 2 unspecified atom stereocenters. The van der Waals surface area contributed by atoms with Crippen LogP contribution in [0, 0.1) is 0 Å². The van der Waals surface area contributed by atoms with Gasteiger partial charge in [-0.25, -0.2) is 10.0 Å². The molecule has 2 aliphatic heterocycles. The zero-order valence-corrected chi connectivity index (χ0v) is 11.4. The van der Waals surface area contributed by atoms with Crippen molar-refractivity contribution >= 4 is 11.8 Å². The summed E-state index contributed by atoms with van der Waals surface area (Å²) in [6, 6.07) is 7.94. The third-order valence-electron chi connectivity index (χ3n) is 4.79. The van der Waals surface area contributed by atoms with Crippen LogP contribution in [0.15, 0.2) is 24.3 Å². The normalized spacial score (nSPS) is 32.4. The van der Waals surface area contributed by atoms with Crippen LogP contribution in [-0.2, 0) is 0 Å². The van der Waals surface area contributed by atoms with Crippen molar-refractivity contribution in [2.45, 2.75) is 50.6 Å². The first-order valence-electron chi connectivity index (χ1n) is 7.55. The smallest absolute Gasteiger partial charge is 0.267 e. The van der Waals surface area contributed by atoms with Gasteiger partial charge in [0.25, 0.3) is 11.8 Å². The number of rotatable bonds is 1. The van der Waals surface area contributed by atoms with E-state index in [0.29, 0.717) is 23.2 Å². The lowest BCUT2D eigenvalue weighted by atomic mass is 10.0. The molecule has 3 aliphatic rings. The fourth-order valence-electron chi connectivity index (χ4n) is 3.71. The fraction of sp³-hybridized carbons (Fsp3) is 0.500. The molecule has 1 aliphatic carbocycles. The number of imide groups is 1. The lowest BCUT2D eigenvalue weighted by Gasteiger charge is -2.16. The van der Waals surface area contributed by atoms with Crippen molar-refractivity contribution in [3.63, 3.8) is 0 Å². The molecule has 0 spiro atoms. The Morgan fingerprint density at radius 1 is 0.800 bits per heavy atom. The van der Waals surface area contributed by atoms with E-state index in [1.807, 2.05) is 17.1 Å². The molecule has 4 rings (SSSR count). The minimum absolute atomic E-state index is 0.141. The van der Waals surface area contributed by atoms with E-state index in [4.69, 9.17) is 0 Å². The SMILES string of the molecule is O=C1c2ccccc2C(=O)N1N1C2CCCCCCC21. The number of hydrogen-bond acceptors (Lipinski definition) is 3. The second-order valence-electron chi connectivity index (χ2n) is 5.97. The molecule has 1 saturated heterocycles. The highest BCUT2D eigenvalue weighted by atomic mass is 16.2. The van der Waals surface area contributed by atoms with E-state index < -0.39 is 0 Å². The van der Waals surface area contributed by atoms with Crippen LogP contribution < -0.4 is 0 Å². The van der Waals surface area contributed by atoms with E-state index in [-0.39, 0.29) is 11.8 Å². The topological polar surface area (TPSA) is 40.4 Å². The third-order valence-corrected chi connectivity index (χ3v) is 4.79. The second kappa shape index (κ2) is 4.42. The molecule has 0 N–H and O–H groups in total. The molecule has 0 bridgehead atoms. The molecule has 1 saturated carbocycles. The molecule has 2 fully saturated rings. The van der Waals surface area contributed by atoms with Crippen LogP contribution in [0.5, 0.6) is 0 Å². The summed E-state index contributed by atoms with van der Waals surface area (Å²) >= 11 is 0. The zero-order chi connectivity index (χ0) is 13.7. The van der Waals surface area contributed by atoms with Crippen molar-refractivity contribution in [2.75, 3.05) is 0 Å². The molecule has 104 valence electrons. The minimum Gasteiger partial charge on any atom is -0.267 e. The Morgan fingerprint density at radius 2 is 1.30 bits per heavy atom. The summed E-state index contributed by atoms with van der Waals surface area (Å²) in [5, 5.41) is 3.45. The number of amides is 2. The lowest BCUT2D eigenvalue weighted by molar-refractivity contribution is 0.0337. The summed E-state index contributed by atoms with van der Waals surface area (Å²) in [7, 11) is 0. The minimum atomic E-state index is -0.141. The van der Waals surface area contributed by atoms with Gasteiger partial charge in [0.15, 0.2) is 0 Å². The summed E-state index contributed by atoms with van der Waals surface area (Å²) in [6.07, 6.45) is 7.19. The van der Waals surface area contributed by atoms with Gasteiger partial charge in [-0.1, -0.05) is 37.8 Å². The van der Waals surface area contributed by atoms with Crippen molar-refractivity contribution in [2.24, 2.45) is 0 Å². The second-order valence-corrected chi connectivity index (χ2v) is 5.97. The predicted octanol–water partition coefficient (Wildman–Crippen LogP) is 2.60. The molecule has 4 heteroatoms. The average Bonchev–Trinajstić information content (AvgIpc) is 3.01. The highest BCUT2D eigenvalue weighted by Gasteiger charge is 2.56. The van der Waals surface area contributed by atoms with E-state index in [1.54, 1.807) is 12.1 Å². The van der Waals surface area contributed by atoms with Crippen molar-refractivity contribution in [3.8, 4) is 0 Å². The van der Waals surface area contributed by atoms with Gasteiger partial charge in [0.2, 0.25) is 0 Å². The fourth-order valence-corrected chi connectivity index (χ4v) is 3.71. The maximum absolute atomic E-state index is 12.5. The standard InChI is InChI=1S/C16H18N2O2/c19-15-11-7-5-6-8-12(11)16(20)18(15)17-13-9-3-1-2-4-10-14(13)17/h5-8,13-14H,1-4,9-10H2. The molecule has 0 aromatic heterocycles. The van der Waals surface area contributed by atoms with Crippen LogP contribution in [0.25, 0.3) is 0 Å². The number of nitrogens with zero attached hydrogens (tertiary/aromatic N) is 2. The van der Waals surface area contributed by atoms with Crippen LogP contribution in [0.2, 0.25) is 0 Å². The highest BCUT2D eigenvalue weighted by molar-refractivity contribution is 6.21. The van der Waals surface area contributed by atoms with Gasteiger partial charge in [0.1, 0.15) is 0 Å². The Balaban J connectivity index is 1.62. The van der Waals surface area contributed by atoms with Crippen LogP contribution in [0.3, 0.4) is 0 Å². The lowest BCUT2D eigenvalue weighted by Crippen LogP contribution is -2.37. The Hall–Kier alpha value is -1.68. The number of fused-ring (bicyclic) bond motifs is 2. The van der Waals surface area contributed by atoms with Gasteiger partial charge < -0.3 is 0 Å². The molecule has 0 radical (unpaired) electrons. The highest BCUT2D eigenvalue weighted by Crippen LogP contribution is 2.42. The largest absolute Gasteiger partial charge is 0.276 e. The van der Waals surface area contributed by atoms with Crippen LogP contribution >= 0.6 is 0 Å². The Kier molecular flexibility index (Phi) is 2.67. The predicted molar refractivity (Wildman–Crippen MR) is 74.1 cm³/mol. The summed E-state index contributed by atoms with van der Waals surface area (Å²) in [4.78, 5) is 24.9. The van der Waals surface area contributed by atoms with Crippen LogP contribution in [0.1, 0.15) is 59.2 Å². The molecular weight excluding hydrogens is 252 g/mol. The van der Waals surface area contributed by atoms with E-state index in [1.165, 1.54) is 30.7 Å². The Bertz CT molecular complexity index is 535. The van der Waals surface area contributed by atoms with E-state index in [0.717, 1.165) is 12.8 Å². The first kappa shape index (κ1) is 12.1. The molecular formula is C16H18N2O2. The van der Waals surface area contributed by atoms with E-state index in [9.17, 15) is 9.59 Å². The third kappa shape index (κ3) is 1.64. The molecule has 2 heterocycles. The van der Waals surface area contributed by atoms with Crippen molar-refractivity contribution in [3.05, 3.63) is 35.4 Å². The number of hydrogen-bond donors (Lipinski definition) is 0. The van der Waals surface area contributed by atoms with Crippen LogP contribution in [0.4, 0.5) is 0 Å². The monoisotopic (exact) mass is 270 g/mol. The molecule has 1 aromatic rings. The maximum atomic E-state index is 12.5. The summed E-state index contributed by atoms with van der Waals surface area (Å²) in [6.45, 7) is 0. The number of hydrazine groups is 1. The summed E-state index contributed by atoms with van der Waals surface area (Å²) in [5.41, 5.74) is 1.11. The van der Waals surface area contributed by atoms with Crippen LogP contribution in [-0.4, -0.2) is 33.9 Å². The van der Waals surface area contributed by atoms with E-state index in [2.05, 4.69) is 0 Å². The molecule has 4 nitrogen and oxygen atoms in total. The van der Waals surface area contributed by atoms with E-state index >= 15 is 0 Å². The van der Waals surface area contributed by atoms with Gasteiger partial charge in [-0.2, -0.15) is 0 Å². The first-order valence-corrected chi connectivity index (χ1v) is 7.55. The number of benzene rings is 1. The van der Waals surface area contributed by atoms with Gasteiger partial charge in [0, 0.05) is 12.1 Å². The number of carbonyl (C=O) groups is 2. The molecule has 2 amide bonds. The summed E-state index contributed by atoms with van der Waals surface area (Å²) in [5.74, 6) is -0.283. The zero-order valence-electron chi connectivity index (χ0n) is 11.4. The van der Waals surface area contributed by atoms with Crippen molar-refractivity contribution in [1.29, 1.82) is 0 Å². The van der Waals surface area contributed by atoms with Crippen molar-refractivity contribution in [1.82, 2.24) is 10.0 Å². The number of carbonyl (C=O) groups excluding carboxylic acids is 2. The quantitative estimate of drug-likeness (QED) is 0.582. The van der Waals surface area contributed by atoms with Gasteiger partial charge in [-0.05, 0) is 25.0 Å². The molecule has 20 heavy (non-hydrogen) atoms. The van der Waals surface area contributed by atoms with Gasteiger partial charge in [-0.15, -0.1) is 0 Å². The summed E-state index contributed by atoms with van der Waals surface area (Å²) < 4.78 is 0. The molecule has 1 aromatic carbocycles. The van der Waals surface area contributed by atoms with Gasteiger partial charge in [-0.3, -0.25) is 9.59 Å². The van der Waals surface area contributed by atoms with Crippen molar-refractivity contribution < 1.29 is 9.59 Å². The molecule has 2 atom stereocenters.